The molecule has 1 unspecified atom stereocenters. The standard InChI is InChI=1S/C31H33Cl2N5O2S/c32-24-10-12-26(13-11-24)34-29(39)21-28-30(40)38(27-9-4-8-25(33)20-27)31(41)37(28)15-5-14-35-16-18-36(19-17-35)22-23-6-2-1-3-7-23/h1-4,6-13,20,28H,5,14-19,21-22H2,(H,34,39). The Morgan fingerprint density at radius 3 is 2.27 bits per heavy atom. The van der Waals surface area contributed by atoms with Crippen molar-refractivity contribution in [2.75, 3.05) is 49.5 Å². The Morgan fingerprint density at radius 1 is 0.854 bits per heavy atom. The number of amides is 2. The number of anilines is 2. The van der Waals surface area contributed by atoms with E-state index >= 15 is 0 Å². The minimum Gasteiger partial charge on any atom is -0.336 e. The van der Waals surface area contributed by atoms with Crippen LogP contribution in [0.25, 0.3) is 0 Å². The summed E-state index contributed by atoms with van der Waals surface area (Å²) in [5.74, 6) is -0.487. The SMILES string of the molecule is O=C(CC1C(=O)N(c2cccc(Cl)c2)C(=S)N1CCCN1CCN(Cc2ccccc2)CC1)Nc1ccc(Cl)cc1. The minimum atomic E-state index is -0.698. The Kier molecular flexibility index (Phi) is 9.90. The largest absolute Gasteiger partial charge is 0.336 e. The van der Waals surface area contributed by atoms with Crippen molar-refractivity contribution in [2.24, 2.45) is 0 Å². The fraction of sp³-hybridized carbons (Fsp3) is 0.323. The van der Waals surface area contributed by atoms with Gasteiger partial charge in [-0.3, -0.25) is 19.4 Å². The number of piperazine rings is 1. The Balaban J connectivity index is 1.20. The maximum absolute atomic E-state index is 13.7. The number of nitrogens with zero attached hydrogens (tertiary/aromatic N) is 4. The summed E-state index contributed by atoms with van der Waals surface area (Å²) < 4.78 is 0. The van der Waals surface area contributed by atoms with E-state index in [1.807, 2.05) is 11.0 Å². The molecule has 2 aliphatic heterocycles. The Hall–Kier alpha value is -3.01. The van der Waals surface area contributed by atoms with Crippen molar-refractivity contribution >= 4 is 63.7 Å². The molecule has 1 atom stereocenters. The van der Waals surface area contributed by atoms with Crippen LogP contribution in [0.1, 0.15) is 18.4 Å². The zero-order valence-corrected chi connectivity index (χ0v) is 25.0. The van der Waals surface area contributed by atoms with Crippen LogP contribution in [0.3, 0.4) is 0 Å². The molecule has 2 heterocycles. The topological polar surface area (TPSA) is 59.1 Å². The van der Waals surface area contributed by atoms with Crippen LogP contribution in [0.15, 0.2) is 78.9 Å². The summed E-state index contributed by atoms with van der Waals surface area (Å²) in [4.78, 5) is 35.0. The van der Waals surface area contributed by atoms with E-state index in [1.54, 1.807) is 48.5 Å². The molecule has 2 aliphatic rings. The average Bonchev–Trinajstić information content (AvgIpc) is 3.19. The number of thiocarbonyl (C=S) groups is 1. The number of halogens is 2. The molecular formula is C31H33Cl2N5O2S. The van der Waals surface area contributed by atoms with E-state index in [4.69, 9.17) is 35.4 Å². The van der Waals surface area contributed by atoms with Crippen molar-refractivity contribution in [2.45, 2.75) is 25.4 Å². The van der Waals surface area contributed by atoms with Gasteiger partial charge in [0.05, 0.1) is 12.1 Å². The van der Waals surface area contributed by atoms with E-state index in [0.717, 1.165) is 45.7 Å². The molecule has 0 radical (unpaired) electrons. The van der Waals surface area contributed by atoms with Gasteiger partial charge in [-0.05, 0) is 73.2 Å². The van der Waals surface area contributed by atoms with Crippen LogP contribution in [-0.4, -0.2) is 76.9 Å². The first kappa shape index (κ1) is 29.5. The highest BCUT2D eigenvalue weighted by Gasteiger charge is 2.44. The van der Waals surface area contributed by atoms with Gasteiger partial charge in [0, 0.05) is 55.0 Å². The number of rotatable bonds is 10. The zero-order chi connectivity index (χ0) is 28.8. The van der Waals surface area contributed by atoms with E-state index in [-0.39, 0.29) is 18.2 Å². The van der Waals surface area contributed by atoms with Gasteiger partial charge in [-0.15, -0.1) is 0 Å². The van der Waals surface area contributed by atoms with Crippen LogP contribution in [0.5, 0.6) is 0 Å². The number of carbonyl (C=O) groups is 2. The number of carbonyl (C=O) groups excluding carboxylic acids is 2. The summed E-state index contributed by atoms with van der Waals surface area (Å²) >= 11 is 18.0. The molecule has 0 aromatic heterocycles. The minimum absolute atomic E-state index is 0.0170. The smallest absolute Gasteiger partial charge is 0.256 e. The van der Waals surface area contributed by atoms with Crippen LogP contribution >= 0.6 is 35.4 Å². The highest BCUT2D eigenvalue weighted by Crippen LogP contribution is 2.29. The molecule has 0 saturated carbocycles. The summed E-state index contributed by atoms with van der Waals surface area (Å²) in [6, 6.07) is 23.8. The Labute approximate surface area is 256 Å². The molecule has 2 amide bonds. The van der Waals surface area contributed by atoms with Gasteiger partial charge in [0.2, 0.25) is 5.91 Å². The second kappa shape index (κ2) is 13.8. The molecule has 3 aromatic rings. The van der Waals surface area contributed by atoms with Gasteiger partial charge in [-0.25, -0.2) is 0 Å². The molecular weight excluding hydrogens is 577 g/mol. The fourth-order valence-electron chi connectivity index (χ4n) is 5.34. The summed E-state index contributed by atoms with van der Waals surface area (Å²) in [5, 5.41) is 4.37. The average molecular weight is 611 g/mol. The molecule has 5 rings (SSSR count). The molecule has 1 N–H and O–H groups in total. The lowest BCUT2D eigenvalue weighted by molar-refractivity contribution is -0.124. The molecule has 7 nitrogen and oxygen atoms in total. The van der Waals surface area contributed by atoms with Crippen LogP contribution in [-0.2, 0) is 16.1 Å². The maximum Gasteiger partial charge on any atom is 0.256 e. The maximum atomic E-state index is 13.7. The molecule has 41 heavy (non-hydrogen) atoms. The molecule has 0 bridgehead atoms. The normalized spacial score (nSPS) is 18.2. The second-order valence-corrected chi connectivity index (χ2v) is 11.6. The highest BCUT2D eigenvalue weighted by atomic mass is 35.5. The van der Waals surface area contributed by atoms with E-state index in [2.05, 4.69) is 39.4 Å². The van der Waals surface area contributed by atoms with Crippen LogP contribution in [0.2, 0.25) is 10.0 Å². The third kappa shape index (κ3) is 7.64. The van der Waals surface area contributed by atoms with Crippen molar-refractivity contribution in [1.82, 2.24) is 14.7 Å². The van der Waals surface area contributed by atoms with Gasteiger partial charge in [0.25, 0.3) is 5.91 Å². The molecule has 0 spiro atoms. The molecule has 10 heteroatoms. The van der Waals surface area contributed by atoms with Gasteiger partial charge >= 0.3 is 0 Å². The lowest BCUT2D eigenvalue weighted by Gasteiger charge is -2.35. The first-order valence-electron chi connectivity index (χ1n) is 13.8. The summed E-state index contributed by atoms with van der Waals surface area (Å²) in [6.45, 7) is 6.47. The van der Waals surface area contributed by atoms with Gasteiger partial charge < -0.3 is 15.1 Å². The molecule has 214 valence electrons. The lowest BCUT2D eigenvalue weighted by atomic mass is 10.1. The predicted octanol–water partition coefficient (Wildman–Crippen LogP) is 5.53. The van der Waals surface area contributed by atoms with Crippen molar-refractivity contribution in [3.8, 4) is 0 Å². The summed E-state index contributed by atoms with van der Waals surface area (Å²) in [5.41, 5.74) is 2.56. The third-order valence-electron chi connectivity index (χ3n) is 7.48. The second-order valence-electron chi connectivity index (χ2n) is 10.4. The fourth-order valence-corrected chi connectivity index (χ4v) is 6.06. The van der Waals surface area contributed by atoms with Crippen LogP contribution in [0, 0.1) is 0 Å². The summed E-state index contributed by atoms with van der Waals surface area (Å²) in [6.07, 6.45) is 0.807. The Bertz CT molecular complexity index is 1370. The van der Waals surface area contributed by atoms with Gasteiger partial charge in [0.15, 0.2) is 5.11 Å². The monoisotopic (exact) mass is 609 g/mol. The molecule has 2 saturated heterocycles. The molecule has 0 aliphatic carbocycles. The van der Waals surface area contributed by atoms with Crippen molar-refractivity contribution in [1.29, 1.82) is 0 Å². The number of hydrogen-bond acceptors (Lipinski definition) is 5. The van der Waals surface area contributed by atoms with Gasteiger partial charge in [-0.2, -0.15) is 0 Å². The first-order chi connectivity index (χ1) is 19.9. The third-order valence-corrected chi connectivity index (χ3v) is 8.38. The van der Waals surface area contributed by atoms with E-state index < -0.39 is 6.04 Å². The van der Waals surface area contributed by atoms with Crippen LogP contribution in [0.4, 0.5) is 11.4 Å². The van der Waals surface area contributed by atoms with Gasteiger partial charge in [-0.1, -0.05) is 59.6 Å². The highest BCUT2D eigenvalue weighted by molar-refractivity contribution is 7.80. The van der Waals surface area contributed by atoms with Crippen molar-refractivity contribution in [3.63, 3.8) is 0 Å². The van der Waals surface area contributed by atoms with E-state index in [0.29, 0.717) is 33.1 Å². The first-order valence-corrected chi connectivity index (χ1v) is 15.0. The summed E-state index contributed by atoms with van der Waals surface area (Å²) in [7, 11) is 0. The van der Waals surface area contributed by atoms with Crippen molar-refractivity contribution < 1.29 is 9.59 Å². The molecule has 2 fully saturated rings. The van der Waals surface area contributed by atoms with E-state index in [9.17, 15) is 9.59 Å². The van der Waals surface area contributed by atoms with Crippen molar-refractivity contribution in [3.05, 3.63) is 94.5 Å². The lowest BCUT2D eigenvalue weighted by Crippen LogP contribution is -2.47. The Morgan fingerprint density at radius 2 is 1.56 bits per heavy atom. The number of hydrogen-bond donors (Lipinski definition) is 1. The quantitative estimate of drug-likeness (QED) is 0.305. The number of benzene rings is 3. The number of nitrogens with one attached hydrogen (secondary N) is 1. The van der Waals surface area contributed by atoms with E-state index in [1.165, 1.54) is 10.5 Å². The molecule has 3 aromatic carbocycles. The van der Waals surface area contributed by atoms with Crippen LogP contribution < -0.4 is 10.2 Å². The van der Waals surface area contributed by atoms with Gasteiger partial charge in [0.1, 0.15) is 6.04 Å². The predicted molar refractivity (Wildman–Crippen MR) is 170 cm³/mol. The zero-order valence-electron chi connectivity index (χ0n) is 22.7.